The Bertz CT molecular complexity index is 271. The second kappa shape index (κ2) is 5.36. The molecule has 1 rings (SSSR count). The zero-order valence-corrected chi connectivity index (χ0v) is 12.0. The maximum Gasteiger partial charge on any atom is 0.324 e. The summed E-state index contributed by atoms with van der Waals surface area (Å²) < 4.78 is 4.94. The lowest BCUT2D eigenvalue weighted by atomic mass is 9.99. The van der Waals surface area contributed by atoms with Crippen LogP contribution in [0.15, 0.2) is 0 Å². The molecule has 1 atom stereocenters. The number of methoxy groups -OCH3 is 1. The number of rotatable bonds is 2. The van der Waals surface area contributed by atoms with Crippen LogP contribution < -0.4 is 0 Å². The molecule has 1 fully saturated rings. The summed E-state index contributed by atoms with van der Waals surface area (Å²) in [5.41, 5.74) is 0.00191. The highest BCUT2D eigenvalue weighted by Crippen LogP contribution is 2.22. The van der Waals surface area contributed by atoms with E-state index in [1.54, 1.807) is 0 Å². The van der Waals surface area contributed by atoms with Crippen LogP contribution in [0.1, 0.15) is 34.6 Å². The normalized spacial score (nSPS) is 24.1. The van der Waals surface area contributed by atoms with Crippen molar-refractivity contribution < 1.29 is 9.53 Å². The molecule has 0 aromatic rings. The molecule has 0 aromatic carbocycles. The van der Waals surface area contributed by atoms with Crippen LogP contribution in [0.2, 0.25) is 0 Å². The van der Waals surface area contributed by atoms with Gasteiger partial charge in [-0.05, 0) is 34.6 Å². The van der Waals surface area contributed by atoms with E-state index in [0.717, 1.165) is 19.6 Å². The van der Waals surface area contributed by atoms with Gasteiger partial charge in [0.05, 0.1) is 7.11 Å². The van der Waals surface area contributed by atoms with Crippen LogP contribution in [-0.2, 0) is 9.53 Å². The third-order valence-corrected chi connectivity index (χ3v) is 3.48. The molecule has 1 aliphatic rings. The minimum absolute atomic E-state index is 0.00191. The van der Waals surface area contributed by atoms with Gasteiger partial charge in [-0.25, -0.2) is 0 Å². The molecule has 0 bridgehead atoms. The van der Waals surface area contributed by atoms with Crippen molar-refractivity contribution in [1.82, 2.24) is 9.80 Å². The Kier molecular flexibility index (Phi) is 4.55. The molecule has 4 heteroatoms. The van der Waals surface area contributed by atoms with Gasteiger partial charge in [0, 0.05) is 31.2 Å². The quantitative estimate of drug-likeness (QED) is 0.684. The summed E-state index contributed by atoms with van der Waals surface area (Å²) in [7, 11) is 1.47. The Hall–Kier alpha value is -0.610. The fourth-order valence-electron chi connectivity index (χ4n) is 2.41. The second-order valence-corrected chi connectivity index (χ2v) is 5.99. The number of carbonyl (C=O) groups excluding carboxylic acids is 1. The Balaban J connectivity index is 2.83. The number of esters is 1. The van der Waals surface area contributed by atoms with Gasteiger partial charge in [-0.3, -0.25) is 14.6 Å². The first kappa shape index (κ1) is 14.5. The number of piperazine rings is 1. The van der Waals surface area contributed by atoms with Crippen molar-refractivity contribution in [3.8, 4) is 0 Å². The summed E-state index contributed by atoms with van der Waals surface area (Å²) in [5.74, 6) is -0.120. The molecule has 0 spiro atoms. The van der Waals surface area contributed by atoms with Crippen LogP contribution in [0.4, 0.5) is 0 Å². The summed E-state index contributed by atoms with van der Waals surface area (Å²) in [6.45, 7) is 13.5. The van der Waals surface area contributed by atoms with Gasteiger partial charge in [0.1, 0.15) is 6.04 Å². The van der Waals surface area contributed by atoms with Crippen LogP contribution in [0.3, 0.4) is 0 Å². The van der Waals surface area contributed by atoms with Crippen LogP contribution in [0, 0.1) is 0 Å². The first-order valence-corrected chi connectivity index (χ1v) is 6.36. The van der Waals surface area contributed by atoms with E-state index in [0.29, 0.717) is 6.04 Å². The number of hydrogen-bond donors (Lipinski definition) is 0. The Morgan fingerprint density at radius 1 is 1.29 bits per heavy atom. The summed E-state index contributed by atoms with van der Waals surface area (Å²) in [6, 6.07) is 0.334. The minimum Gasteiger partial charge on any atom is -0.468 e. The molecule has 100 valence electrons. The zero-order valence-electron chi connectivity index (χ0n) is 12.0. The van der Waals surface area contributed by atoms with Gasteiger partial charge in [-0.2, -0.15) is 0 Å². The monoisotopic (exact) mass is 242 g/mol. The molecule has 4 nitrogen and oxygen atoms in total. The van der Waals surface area contributed by atoms with Gasteiger partial charge in [-0.15, -0.1) is 0 Å². The van der Waals surface area contributed by atoms with Crippen molar-refractivity contribution in [2.24, 2.45) is 0 Å². The zero-order chi connectivity index (χ0) is 13.2. The Morgan fingerprint density at radius 2 is 1.88 bits per heavy atom. The highest BCUT2D eigenvalue weighted by molar-refractivity contribution is 5.76. The largest absolute Gasteiger partial charge is 0.468 e. The fourth-order valence-corrected chi connectivity index (χ4v) is 2.41. The van der Waals surface area contributed by atoms with Crippen molar-refractivity contribution in [3.63, 3.8) is 0 Å². The minimum atomic E-state index is -0.142. The van der Waals surface area contributed by atoms with E-state index in [-0.39, 0.29) is 17.6 Å². The van der Waals surface area contributed by atoms with E-state index in [1.165, 1.54) is 7.11 Å². The maximum atomic E-state index is 11.9. The van der Waals surface area contributed by atoms with Crippen LogP contribution in [0.5, 0.6) is 0 Å². The lowest BCUT2D eigenvalue weighted by molar-refractivity contribution is -0.153. The standard InChI is InChI=1S/C13H26N2O2/c1-10(2)14-7-8-15(13(3,4)5)11(9-14)12(16)17-6/h10-11H,7-9H2,1-6H3/t11-/m0/s1. The van der Waals surface area contributed by atoms with Crippen LogP contribution in [-0.4, -0.2) is 60.1 Å². The molecular formula is C13H26N2O2. The lowest BCUT2D eigenvalue weighted by Crippen LogP contribution is -2.63. The molecule has 1 aliphatic heterocycles. The molecule has 0 aromatic heterocycles. The Labute approximate surface area is 105 Å². The van der Waals surface area contributed by atoms with Crippen molar-refractivity contribution >= 4 is 5.97 Å². The highest BCUT2D eigenvalue weighted by Gasteiger charge is 2.39. The smallest absolute Gasteiger partial charge is 0.324 e. The number of ether oxygens (including phenoxy) is 1. The molecule has 17 heavy (non-hydrogen) atoms. The van der Waals surface area contributed by atoms with Crippen LogP contribution in [0.25, 0.3) is 0 Å². The average molecular weight is 242 g/mol. The fraction of sp³-hybridized carbons (Fsp3) is 0.923. The van der Waals surface area contributed by atoms with E-state index >= 15 is 0 Å². The SMILES string of the molecule is COC(=O)[C@@H]1CN(C(C)C)CCN1C(C)(C)C. The number of carbonyl (C=O) groups is 1. The maximum absolute atomic E-state index is 11.9. The summed E-state index contributed by atoms with van der Waals surface area (Å²) >= 11 is 0. The van der Waals surface area contributed by atoms with Crippen molar-refractivity contribution in [1.29, 1.82) is 0 Å². The topological polar surface area (TPSA) is 32.8 Å². The predicted molar refractivity (Wildman–Crippen MR) is 69.0 cm³/mol. The third-order valence-electron chi connectivity index (χ3n) is 3.48. The molecule has 0 aliphatic carbocycles. The van der Waals surface area contributed by atoms with Crippen molar-refractivity contribution in [3.05, 3.63) is 0 Å². The summed E-state index contributed by atoms with van der Waals surface area (Å²) in [4.78, 5) is 16.5. The first-order chi connectivity index (χ1) is 7.77. The summed E-state index contributed by atoms with van der Waals surface area (Å²) in [6.07, 6.45) is 0. The molecular weight excluding hydrogens is 216 g/mol. The van der Waals surface area contributed by atoms with E-state index in [4.69, 9.17) is 4.74 Å². The van der Waals surface area contributed by atoms with Gasteiger partial charge in [-0.1, -0.05) is 0 Å². The molecule has 1 saturated heterocycles. The lowest BCUT2D eigenvalue weighted by Gasteiger charge is -2.47. The second-order valence-electron chi connectivity index (χ2n) is 5.99. The molecule has 0 radical (unpaired) electrons. The molecule has 0 saturated carbocycles. The van der Waals surface area contributed by atoms with Crippen molar-refractivity contribution in [2.75, 3.05) is 26.7 Å². The van der Waals surface area contributed by atoms with E-state index in [1.807, 2.05) is 0 Å². The van der Waals surface area contributed by atoms with E-state index in [9.17, 15) is 4.79 Å². The average Bonchev–Trinajstić information content (AvgIpc) is 2.25. The number of hydrogen-bond acceptors (Lipinski definition) is 4. The molecule has 0 N–H and O–H groups in total. The third kappa shape index (κ3) is 3.42. The molecule has 0 unspecified atom stereocenters. The predicted octanol–water partition coefficient (Wildman–Crippen LogP) is 1.35. The highest BCUT2D eigenvalue weighted by atomic mass is 16.5. The molecule has 1 heterocycles. The molecule has 0 amide bonds. The Morgan fingerprint density at radius 3 is 2.29 bits per heavy atom. The van der Waals surface area contributed by atoms with Gasteiger partial charge >= 0.3 is 5.97 Å². The van der Waals surface area contributed by atoms with Crippen LogP contribution >= 0.6 is 0 Å². The van der Waals surface area contributed by atoms with E-state index in [2.05, 4.69) is 44.4 Å². The van der Waals surface area contributed by atoms with Gasteiger partial charge in [0.15, 0.2) is 0 Å². The van der Waals surface area contributed by atoms with E-state index < -0.39 is 0 Å². The van der Waals surface area contributed by atoms with Gasteiger partial charge < -0.3 is 4.74 Å². The number of nitrogens with zero attached hydrogens (tertiary/aromatic N) is 2. The summed E-state index contributed by atoms with van der Waals surface area (Å²) in [5, 5.41) is 0. The van der Waals surface area contributed by atoms with Crippen molar-refractivity contribution in [2.45, 2.75) is 52.2 Å². The van der Waals surface area contributed by atoms with Gasteiger partial charge in [0.25, 0.3) is 0 Å². The van der Waals surface area contributed by atoms with Gasteiger partial charge in [0.2, 0.25) is 0 Å². The first-order valence-electron chi connectivity index (χ1n) is 6.36.